The van der Waals surface area contributed by atoms with E-state index in [1.807, 2.05) is 0 Å². The molecule has 0 heterocycles. The average molecular weight is 689 g/mol. The van der Waals surface area contributed by atoms with Crippen molar-refractivity contribution >= 4 is 13.7 Å². The molecule has 278 valence electrons. The van der Waals surface area contributed by atoms with Crippen molar-refractivity contribution in [2.75, 3.05) is 19.8 Å². The molecule has 1 amide bonds. The van der Waals surface area contributed by atoms with Gasteiger partial charge in [0.15, 0.2) is 0 Å². The molecule has 0 radical (unpaired) electrons. The Bertz CT molecular complexity index is 812. The first-order chi connectivity index (χ1) is 22.8. The van der Waals surface area contributed by atoms with Crippen molar-refractivity contribution in [2.24, 2.45) is 5.73 Å². The Morgan fingerprint density at radius 2 is 1.21 bits per heavy atom. The number of amides is 1. The summed E-state index contributed by atoms with van der Waals surface area (Å²) >= 11 is 0. The fourth-order valence-electron chi connectivity index (χ4n) is 5.44. The second-order valence-corrected chi connectivity index (χ2v) is 14.4. The Kier molecular flexibility index (Phi) is 32.7. The van der Waals surface area contributed by atoms with Gasteiger partial charge in [0, 0.05) is 6.54 Å². The van der Waals surface area contributed by atoms with Gasteiger partial charge in [-0.1, -0.05) is 141 Å². The SMILES string of the molecule is CCCCC/C=C\C/C=C\CCCCCCCC(O)CC(=O)NC(COP(=O)(O)OCCN)C(O)CCCCCCCCCCCC. The van der Waals surface area contributed by atoms with Crippen molar-refractivity contribution in [3.05, 3.63) is 24.3 Å². The van der Waals surface area contributed by atoms with Crippen molar-refractivity contribution in [1.29, 1.82) is 0 Å². The number of carbonyl (C=O) groups is 1. The molecule has 47 heavy (non-hydrogen) atoms. The van der Waals surface area contributed by atoms with Gasteiger partial charge in [-0.05, 0) is 44.9 Å². The van der Waals surface area contributed by atoms with E-state index in [1.54, 1.807) is 0 Å². The maximum absolute atomic E-state index is 12.7. The lowest BCUT2D eigenvalue weighted by Gasteiger charge is -2.25. The van der Waals surface area contributed by atoms with Crippen LogP contribution in [-0.2, 0) is 18.4 Å². The van der Waals surface area contributed by atoms with E-state index < -0.39 is 32.0 Å². The number of allylic oxidation sites excluding steroid dienone is 4. The van der Waals surface area contributed by atoms with E-state index in [0.717, 1.165) is 64.2 Å². The number of unbranched alkanes of at least 4 members (excludes halogenated alkanes) is 17. The number of phosphoric ester groups is 1. The van der Waals surface area contributed by atoms with Crippen molar-refractivity contribution in [3.8, 4) is 0 Å². The van der Waals surface area contributed by atoms with Gasteiger partial charge in [-0.3, -0.25) is 13.8 Å². The number of hydrogen-bond donors (Lipinski definition) is 5. The van der Waals surface area contributed by atoms with Gasteiger partial charge < -0.3 is 26.2 Å². The molecular formula is C37H73N2O7P. The van der Waals surface area contributed by atoms with Gasteiger partial charge in [0.2, 0.25) is 5.91 Å². The van der Waals surface area contributed by atoms with Crippen LogP contribution < -0.4 is 11.1 Å². The molecular weight excluding hydrogens is 615 g/mol. The van der Waals surface area contributed by atoms with Crippen LogP contribution in [0.5, 0.6) is 0 Å². The molecule has 6 N–H and O–H groups in total. The van der Waals surface area contributed by atoms with Gasteiger partial charge >= 0.3 is 7.82 Å². The molecule has 4 unspecified atom stereocenters. The summed E-state index contributed by atoms with van der Waals surface area (Å²) in [5.41, 5.74) is 5.34. The van der Waals surface area contributed by atoms with Crippen LogP contribution in [0.2, 0.25) is 0 Å². The fourth-order valence-corrected chi connectivity index (χ4v) is 6.20. The highest BCUT2D eigenvalue weighted by Crippen LogP contribution is 2.43. The lowest BCUT2D eigenvalue weighted by molar-refractivity contribution is -0.125. The van der Waals surface area contributed by atoms with E-state index in [1.165, 1.54) is 70.6 Å². The van der Waals surface area contributed by atoms with Gasteiger partial charge in [-0.15, -0.1) is 0 Å². The number of nitrogens with two attached hydrogens (primary N) is 1. The summed E-state index contributed by atoms with van der Waals surface area (Å²) in [6.45, 7) is 3.97. The van der Waals surface area contributed by atoms with Gasteiger partial charge in [-0.2, -0.15) is 0 Å². The van der Waals surface area contributed by atoms with E-state index >= 15 is 0 Å². The molecule has 4 atom stereocenters. The van der Waals surface area contributed by atoms with Crippen molar-refractivity contribution in [2.45, 2.75) is 186 Å². The Morgan fingerprint density at radius 1 is 0.723 bits per heavy atom. The molecule has 0 aliphatic carbocycles. The van der Waals surface area contributed by atoms with Crippen molar-refractivity contribution < 1.29 is 33.5 Å². The zero-order chi connectivity index (χ0) is 34.9. The molecule has 0 rings (SSSR count). The highest BCUT2D eigenvalue weighted by molar-refractivity contribution is 7.47. The molecule has 0 spiro atoms. The Morgan fingerprint density at radius 3 is 1.79 bits per heavy atom. The van der Waals surface area contributed by atoms with Gasteiger partial charge in [-0.25, -0.2) is 4.57 Å². The number of nitrogens with one attached hydrogen (secondary N) is 1. The molecule has 0 aromatic rings. The number of hydrogen-bond acceptors (Lipinski definition) is 7. The van der Waals surface area contributed by atoms with Crippen LogP contribution in [0.1, 0.15) is 168 Å². The third-order valence-electron chi connectivity index (χ3n) is 8.36. The number of phosphoric acid groups is 1. The van der Waals surface area contributed by atoms with Crippen molar-refractivity contribution in [3.63, 3.8) is 0 Å². The number of carbonyl (C=O) groups excluding carboxylic acids is 1. The van der Waals surface area contributed by atoms with Crippen LogP contribution in [0.15, 0.2) is 24.3 Å². The van der Waals surface area contributed by atoms with E-state index in [9.17, 15) is 24.5 Å². The molecule has 0 bridgehead atoms. The normalized spacial score (nSPS) is 15.3. The molecule has 0 aliphatic rings. The molecule has 10 heteroatoms. The second kappa shape index (κ2) is 33.4. The molecule has 0 saturated heterocycles. The number of aliphatic hydroxyl groups is 2. The minimum absolute atomic E-state index is 0.0576. The molecule has 0 saturated carbocycles. The van der Waals surface area contributed by atoms with E-state index in [2.05, 4.69) is 43.5 Å². The molecule has 0 aliphatic heterocycles. The van der Waals surface area contributed by atoms with Crippen LogP contribution in [0.3, 0.4) is 0 Å². The first-order valence-electron chi connectivity index (χ1n) is 19.0. The number of aliphatic hydroxyl groups excluding tert-OH is 2. The van der Waals surface area contributed by atoms with Crippen LogP contribution in [0, 0.1) is 0 Å². The van der Waals surface area contributed by atoms with E-state index in [4.69, 9.17) is 14.8 Å². The Balaban J connectivity index is 4.36. The highest BCUT2D eigenvalue weighted by atomic mass is 31.2. The van der Waals surface area contributed by atoms with Gasteiger partial charge in [0.05, 0.1) is 37.9 Å². The minimum Gasteiger partial charge on any atom is -0.393 e. The predicted octanol–water partition coefficient (Wildman–Crippen LogP) is 8.80. The summed E-state index contributed by atoms with van der Waals surface area (Å²) < 4.78 is 22.0. The van der Waals surface area contributed by atoms with Crippen molar-refractivity contribution in [1.82, 2.24) is 5.32 Å². The van der Waals surface area contributed by atoms with Crippen LogP contribution in [0.25, 0.3) is 0 Å². The largest absolute Gasteiger partial charge is 0.472 e. The fraction of sp³-hybridized carbons (Fsp3) is 0.865. The maximum Gasteiger partial charge on any atom is 0.472 e. The Hall–Kier alpha value is -1.06. The second-order valence-electron chi connectivity index (χ2n) is 13.0. The number of rotatable bonds is 35. The molecule has 0 aromatic heterocycles. The lowest BCUT2D eigenvalue weighted by atomic mass is 10.0. The highest BCUT2D eigenvalue weighted by Gasteiger charge is 2.28. The van der Waals surface area contributed by atoms with Crippen LogP contribution in [-0.4, -0.2) is 59.0 Å². The first-order valence-corrected chi connectivity index (χ1v) is 20.5. The maximum atomic E-state index is 12.7. The summed E-state index contributed by atoms with van der Waals surface area (Å²) in [6.07, 6.45) is 32.2. The zero-order valence-electron chi connectivity index (χ0n) is 30.1. The monoisotopic (exact) mass is 689 g/mol. The van der Waals surface area contributed by atoms with Gasteiger partial charge in [0.1, 0.15) is 0 Å². The third kappa shape index (κ3) is 31.9. The summed E-state index contributed by atoms with van der Waals surface area (Å²) in [5, 5.41) is 24.0. The molecule has 0 fully saturated rings. The average Bonchev–Trinajstić information content (AvgIpc) is 3.04. The third-order valence-corrected chi connectivity index (χ3v) is 9.35. The van der Waals surface area contributed by atoms with E-state index in [-0.39, 0.29) is 26.2 Å². The lowest BCUT2D eigenvalue weighted by Crippen LogP contribution is -2.47. The minimum atomic E-state index is -4.37. The Labute approximate surface area is 288 Å². The van der Waals surface area contributed by atoms with Crippen LogP contribution in [0.4, 0.5) is 0 Å². The molecule has 0 aromatic carbocycles. The smallest absolute Gasteiger partial charge is 0.393 e. The summed E-state index contributed by atoms with van der Waals surface area (Å²) in [7, 11) is -4.37. The zero-order valence-corrected chi connectivity index (χ0v) is 31.0. The topological polar surface area (TPSA) is 151 Å². The summed E-state index contributed by atoms with van der Waals surface area (Å²) in [4.78, 5) is 22.6. The predicted molar refractivity (Wildman–Crippen MR) is 195 cm³/mol. The quantitative estimate of drug-likeness (QED) is 0.0252. The first kappa shape index (κ1) is 45.9. The van der Waals surface area contributed by atoms with Crippen LogP contribution >= 0.6 is 7.82 Å². The summed E-state index contributed by atoms with van der Waals surface area (Å²) in [6, 6.07) is -0.897. The van der Waals surface area contributed by atoms with Gasteiger partial charge in [0.25, 0.3) is 0 Å². The molecule has 9 nitrogen and oxygen atoms in total. The standard InChI is InChI=1S/C37H73N2O7P/c1-3-5-7-9-11-13-15-16-17-18-19-20-22-24-26-28-34(40)32-37(42)39-35(33-46-47(43,44)45-31-30-38)36(41)29-27-25-23-21-14-12-10-8-6-4-2/h11,13,16-17,34-36,40-41H,3-10,12,14-15,18-33,38H2,1-2H3,(H,39,42)(H,43,44)/b13-11-,17-16-. The summed E-state index contributed by atoms with van der Waals surface area (Å²) in [5.74, 6) is -0.425. The van der Waals surface area contributed by atoms with E-state index in [0.29, 0.717) is 12.8 Å².